The molecule has 0 aromatic heterocycles. The summed E-state index contributed by atoms with van der Waals surface area (Å²) < 4.78 is 46.0. The minimum Gasteiger partial charge on any atom is -0.383 e. The SMILES string of the molecule is COCC1CCCN1S(=O)(=O)c1cccc(C(=O)Nc2ccc(F)c(C)c2)c1. The van der Waals surface area contributed by atoms with Gasteiger partial charge in [-0.15, -0.1) is 0 Å². The Bertz CT molecular complexity index is 978. The van der Waals surface area contributed by atoms with E-state index in [0.717, 1.165) is 12.8 Å². The van der Waals surface area contributed by atoms with Crippen molar-refractivity contribution in [1.82, 2.24) is 4.31 Å². The lowest BCUT2D eigenvalue weighted by molar-refractivity contribution is 0.102. The standard InChI is InChI=1S/C20H23FN2O4S/c1-14-11-16(8-9-19(14)21)22-20(24)15-5-3-7-18(12-15)28(25,26)23-10-4-6-17(23)13-27-2/h3,5,7-9,11-12,17H,4,6,10,13H2,1-2H3,(H,22,24). The van der Waals surface area contributed by atoms with Gasteiger partial charge in [0.2, 0.25) is 10.0 Å². The van der Waals surface area contributed by atoms with E-state index in [1.54, 1.807) is 26.2 Å². The molecule has 28 heavy (non-hydrogen) atoms. The van der Waals surface area contributed by atoms with Gasteiger partial charge in [-0.1, -0.05) is 6.07 Å². The molecule has 0 bridgehead atoms. The van der Waals surface area contributed by atoms with Crippen molar-refractivity contribution in [1.29, 1.82) is 0 Å². The van der Waals surface area contributed by atoms with Crippen molar-refractivity contribution < 1.29 is 22.3 Å². The number of aryl methyl sites for hydroxylation is 1. The molecular formula is C20H23FN2O4S. The van der Waals surface area contributed by atoms with Crippen LogP contribution in [0.4, 0.5) is 10.1 Å². The van der Waals surface area contributed by atoms with Crippen molar-refractivity contribution in [2.75, 3.05) is 25.6 Å². The number of carbonyl (C=O) groups excluding carboxylic acids is 1. The fraction of sp³-hybridized carbons (Fsp3) is 0.350. The molecule has 1 heterocycles. The number of methoxy groups -OCH3 is 1. The lowest BCUT2D eigenvalue weighted by Crippen LogP contribution is -2.38. The minimum absolute atomic E-state index is 0.0680. The smallest absolute Gasteiger partial charge is 0.255 e. The third-order valence-corrected chi connectivity index (χ3v) is 6.75. The number of hydrogen-bond donors (Lipinski definition) is 1. The Labute approximate surface area is 164 Å². The van der Waals surface area contributed by atoms with E-state index in [2.05, 4.69) is 5.32 Å². The van der Waals surface area contributed by atoms with Crippen molar-refractivity contribution in [2.45, 2.75) is 30.7 Å². The van der Waals surface area contributed by atoms with Gasteiger partial charge < -0.3 is 10.1 Å². The van der Waals surface area contributed by atoms with Gasteiger partial charge in [0.1, 0.15) is 5.82 Å². The molecule has 1 N–H and O–H groups in total. The molecule has 1 fully saturated rings. The fourth-order valence-corrected chi connectivity index (χ4v) is 5.07. The van der Waals surface area contributed by atoms with E-state index < -0.39 is 15.9 Å². The second kappa shape index (κ2) is 8.38. The van der Waals surface area contributed by atoms with Crippen molar-refractivity contribution in [2.24, 2.45) is 0 Å². The number of carbonyl (C=O) groups is 1. The van der Waals surface area contributed by atoms with Crippen LogP contribution < -0.4 is 5.32 Å². The third-order valence-electron chi connectivity index (χ3n) is 4.80. The Morgan fingerprint density at radius 3 is 2.79 bits per heavy atom. The number of benzene rings is 2. The molecule has 1 unspecified atom stereocenters. The summed E-state index contributed by atoms with van der Waals surface area (Å²) in [5, 5.41) is 2.67. The summed E-state index contributed by atoms with van der Waals surface area (Å²) in [6.07, 6.45) is 1.52. The predicted octanol–water partition coefficient (Wildman–Crippen LogP) is 3.19. The molecular weight excluding hydrogens is 383 g/mol. The molecule has 6 nitrogen and oxygen atoms in total. The zero-order chi connectivity index (χ0) is 20.3. The maximum atomic E-state index is 13.4. The van der Waals surface area contributed by atoms with Crippen LogP contribution in [0.5, 0.6) is 0 Å². The maximum absolute atomic E-state index is 13.4. The van der Waals surface area contributed by atoms with Crippen LogP contribution in [0.3, 0.4) is 0 Å². The summed E-state index contributed by atoms with van der Waals surface area (Å²) in [4.78, 5) is 12.6. The number of amides is 1. The quantitative estimate of drug-likeness (QED) is 0.799. The largest absolute Gasteiger partial charge is 0.383 e. The maximum Gasteiger partial charge on any atom is 0.255 e. The zero-order valence-electron chi connectivity index (χ0n) is 15.8. The number of ether oxygens (including phenoxy) is 1. The van der Waals surface area contributed by atoms with E-state index in [1.807, 2.05) is 0 Å². The topological polar surface area (TPSA) is 75.7 Å². The van der Waals surface area contributed by atoms with Gasteiger partial charge in [-0.25, -0.2) is 12.8 Å². The Balaban J connectivity index is 1.83. The molecule has 2 aromatic carbocycles. The predicted molar refractivity (Wildman–Crippen MR) is 104 cm³/mol. The number of rotatable bonds is 6. The molecule has 1 aliphatic heterocycles. The van der Waals surface area contributed by atoms with Gasteiger partial charge >= 0.3 is 0 Å². The van der Waals surface area contributed by atoms with Crippen LogP contribution in [-0.4, -0.2) is 44.9 Å². The van der Waals surface area contributed by atoms with E-state index in [4.69, 9.17) is 4.74 Å². The number of hydrogen-bond acceptors (Lipinski definition) is 4. The van der Waals surface area contributed by atoms with Crippen LogP contribution in [0.2, 0.25) is 0 Å². The molecule has 1 aliphatic rings. The van der Waals surface area contributed by atoms with Crippen LogP contribution in [0.25, 0.3) is 0 Å². The molecule has 0 radical (unpaired) electrons. The molecule has 3 rings (SSSR count). The first-order valence-corrected chi connectivity index (χ1v) is 10.5. The highest BCUT2D eigenvalue weighted by atomic mass is 32.2. The Morgan fingerprint density at radius 1 is 1.29 bits per heavy atom. The van der Waals surface area contributed by atoms with Gasteiger partial charge in [-0.3, -0.25) is 4.79 Å². The second-order valence-corrected chi connectivity index (χ2v) is 8.70. The molecule has 0 spiro atoms. The molecule has 1 amide bonds. The summed E-state index contributed by atoms with van der Waals surface area (Å²) in [6, 6.07) is 9.98. The summed E-state index contributed by atoms with van der Waals surface area (Å²) in [7, 11) is -2.18. The van der Waals surface area contributed by atoms with Crippen LogP contribution in [-0.2, 0) is 14.8 Å². The summed E-state index contributed by atoms with van der Waals surface area (Å²) in [5.74, 6) is -0.819. The normalized spacial score (nSPS) is 17.6. The lowest BCUT2D eigenvalue weighted by atomic mass is 10.2. The van der Waals surface area contributed by atoms with Crippen molar-refractivity contribution >= 4 is 21.6 Å². The molecule has 150 valence electrons. The fourth-order valence-electron chi connectivity index (χ4n) is 3.34. The van der Waals surface area contributed by atoms with Crippen molar-refractivity contribution in [3.63, 3.8) is 0 Å². The highest BCUT2D eigenvalue weighted by Crippen LogP contribution is 2.27. The number of anilines is 1. The van der Waals surface area contributed by atoms with E-state index in [-0.39, 0.29) is 22.3 Å². The second-order valence-electron chi connectivity index (χ2n) is 6.81. The highest BCUT2D eigenvalue weighted by molar-refractivity contribution is 7.89. The van der Waals surface area contributed by atoms with Gasteiger partial charge in [0.05, 0.1) is 11.5 Å². The first kappa shape index (κ1) is 20.4. The van der Waals surface area contributed by atoms with Gasteiger partial charge in [-0.2, -0.15) is 4.31 Å². The summed E-state index contributed by atoms with van der Waals surface area (Å²) in [6.45, 7) is 2.37. The van der Waals surface area contributed by atoms with Crippen LogP contribution in [0, 0.1) is 12.7 Å². The van der Waals surface area contributed by atoms with E-state index in [1.165, 1.54) is 34.6 Å². The number of nitrogens with one attached hydrogen (secondary N) is 1. The van der Waals surface area contributed by atoms with Crippen LogP contribution in [0.1, 0.15) is 28.8 Å². The van der Waals surface area contributed by atoms with E-state index in [0.29, 0.717) is 24.4 Å². The van der Waals surface area contributed by atoms with E-state index >= 15 is 0 Å². The van der Waals surface area contributed by atoms with Crippen LogP contribution in [0.15, 0.2) is 47.4 Å². The molecule has 0 aliphatic carbocycles. The summed E-state index contributed by atoms with van der Waals surface area (Å²) in [5.41, 5.74) is 1.06. The first-order chi connectivity index (χ1) is 13.3. The zero-order valence-corrected chi connectivity index (χ0v) is 16.6. The molecule has 8 heteroatoms. The lowest BCUT2D eigenvalue weighted by Gasteiger charge is -2.23. The van der Waals surface area contributed by atoms with Crippen LogP contribution >= 0.6 is 0 Å². The Hall–Kier alpha value is -2.29. The molecule has 1 atom stereocenters. The third kappa shape index (κ3) is 4.24. The number of sulfonamides is 1. The van der Waals surface area contributed by atoms with Gasteiger partial charge in [0.15, 0.2) is 0 Å². The molecule has 2 aromatic rings. The monoisotopic (exact) mass is 406 g/mol. The van der Waals surface area contributed by atoms with E-state index in [9.17, 15) is 17.6 Å². The average molecular weight is 406 g/mol. The Kier molecular flexibility index (Phi) is 6.12. The van der Waals surface area contributed by atoms with Gasteiger partial charge in [0, 0.05) is 30.9 Å². The van der Waals surface area contributed by atoms with Gasteiger partial charge in [0.25, 0.3) is 5.91 Å². The summed E-state index contributed by atoms with van der Waals surface area (Å²) >= 11 is 0. The van der Waals surface area contributed by atoms with Crippen molar-refractivity contribution in [3.8, 4) is 0 Å². The number of nitrogens with zero attached hydrogens (tertiary/aromatic N) is 1. The van der Waals surface area contributed by atoms with Crippen molar-refractivity contribution in [3.05, 3.63) is 59.4 Å². The highest BCUT2D eigenvalue weighted by Gasteiger charge is 2.35. The molecule has 1 saturated heterocycles. The average Bonchev–Trinajstić information content (AvgIpc) is 3.14. The first-order valence-electron chi connectivity index (χ1n) is 9.01. The molecule has 0 saturated carbocycles. The van der Waals surface area contributed by atoms with Gasteiger partial charge in [-0.05, 0) is 61.7 Å². The minimum atomic E-state index is -3.73. The Morgan fingerprint density at radius 2 is 2.07 bits per heavy atom. The number of halogens is 1.